The summed E-state index contributed by atoms with van der Waals surface area (Å²) in [5.74, 6) is -0.597. The van der Waals surface area contributed by atoms with E-state index in [0.29, 0.717) is 0 Å². The van der Waals surface area contributed by atoms with Crippen LogP contribution in [-0.4, -0.2) is 23.5 Å². The second-order valence-electron chi connectivity index (χ2n) is 3.69. The predicted octanol–water partition coefficient (Wildman–Crippen LogP) is 0.695. The highest BCUT2D eigenvalue weighted by molar-refractivity contribution is 5.92. The van der Waals surface area contributed by atoms with E-state index in [9.17, 15) is 14.4 Å². The van der Waals surface area contributed by atoms with Crippen LogP contribution >= 0.6 is 0 Å². The van der Waals surface area contributed by atoms with E-state index in [0.717, 1.165) is 0 Å². The monoisotopic (exact) mass is 199 g/mol. The van der Waals surface area contributed by atoms with Gasteiger partial charge in [-0.05, 0) is 6.92 Å². The van der Waals surface area contributed by atoms with Crippen LogP contribution in [0.3, 0.4) is 0 Å². The SMILES string of the molecule is CC(=O)N[C@@H](CC(=O)C(C)C)C(C)=O. The zero-order chi connectivity index (χ0) is 11.3. The average molecular weight is 199 g/mol. The minimum atomic E-state index is -0.664. The topological polar surface area (TPSA) is 63.2 Å². The van der Waals surface area contributed by atoms with Crippen molar-refractivity contribution in [3.63, 3.8) is 0 Å². The van der Waals surface area contributed by atoms with E-state index >= 15 is 0 Å². The van der Waals surface area contributed by atoms with Gasteiger partial charge in [0.1, 0.15) is 5.78 Å². The first-order valence-corrected chi connectivity index (χ1v) is 4.64. The van der Waals surface area contributed by atoms with Gasteiger partial charge in [-0.15, -0.1) is 0 Å². The standard InChI is InChI=1S/C10H17NO3/c1-6(2)10(14)5-9(7(3)12)11-8(4)13/h6,9H,5H2,1-4H3,(H,11,13)/t9-/m0/s1. The third-order valence-corrected chi connectivity index (χ3v) is 1.92. The number of amides is 1. The highest BCUT2D eigenvalue weighted by Crippen LogP contribution is 2.03. The summed E-state index contributed by atoms with van der Waals surface area (Å²) in [4.78, 5) is 33.1. The minimum Gasteiger partial charge on any atom is -0.346 e. The van der Waals surface area contributed by atoms with Gasteiger partial charge in [0.2, 0.25) is 5.91 Å². The number of hydrogen-bond acceptors (Lipinski definition) is 3. The fourth-order valence-corrected chi connectivity index (χ4v) is 0.979. The van der Waals surface area contributed by atoms with Gasteiger partial charge in [0.05, 0.1) is 6.04 Å². The van der Waals surface area contributed by atoms with Gasteiger partial charge in [-0.3, -0.25) is 14.4 Å². The molecule has 0 aliphatic heterocycles. The first-order valence-electron chi connectivity index (χ1n) is 4.64. The number of carbonyl (C=O) groups is 3. The summed E-state index contributed by atoms with van der Waals surface area (Å²) in [5.41, 5.74) is 0. The van der Waals surface area contributed by atoms with Crippen molar-refractivity contribution in [3.8, 4) is 0 Å². The lowest BCUT2D eigenvalue weighted by Crippen LogP contribution is -2.40. The maximum Gasteiger partial charge on any atom is 0.217 e. The molecule has 1 N–H and O–H groups in total. The zero-order valence-electron chi connectivity index (χ0n) is 9.09. The van der Waals surface area contributed by atoms with Gasteiger partial charge in [0.15, 0.2) is 5.78 Å². The summed E-state index contributed by atoms with van der Waals surface area (Å²) in [6.07, 6.45) is 0.0899. The third kappa shape index (κ3) is 4.74. The van der Waals surface area contributed by atoms with Crippen molar-refractivity contribution < 1.29 is 14.4 Å². The van der Waals surface area contributed by atoms with E-state index in [1.165, 1.54) is 13.8 Å². The molecule has 4 nitrogen and oxygen atoms in total. The van der Waals surface area contributed by atoms with Crippen molar-refractivity contribution in [2.45, 2.75) is 40.2 Å². The molecule has 4 heteroatoms. The summed E-state index contributed by atoms with van der Waals surface area (Å²) in [6, 6.07) is -0.664. The molecule has 1 atom stereocenters. The van der Waals surface area contributed by atoms with Crippen LogP contribution < -0.4 is 5.32 Å². The highest BCUT2D eigenvalue weighted by Gasteiger charge is 2.20. The summed E-state index contributed by atoms with van der Waals surface area (Å²) in [6.45, 7) is 6.24. The Balaban J connectivity index is 4.31. The Kier molecular flexibility index (Phi) is 5.05. The third-order valence-electron chi connectivity index (χ3n) is 1.92. The van der Waals surface area contributed by atoms with Crippen LogP contribution in [0.15, 0.2) is 0 Å². The van der Waals surface area contributed by atoms with E-state index in [4.69, 9.17) is 0 Å². The van der Waals surface area contributed by atoms with Crippen LogP contribution in [0.2, 0.25) is 0 Å². The molecule has 80 valence electrons. The van der Waals surface area contributed by atoms with Gasteiger partial charge >= 0.3 is 0 Å². The number of nitrogens with one attached hydrogen (secondary N) is 1. The van der Waals surface area contributed by atoms with E-state index < -0.39 is 6.04 Å². The second kappa shape index (κ2) is 5.52. The van der Waals surface area contributed by atoms with E-state index in [-0.39, 0.29) is 29.8 Å². The fraction of sp³-hybridized carbons (Fsp3) is 0.700. The first-order chi connectivity index (χ1) is 6.34. The lowest BCUT2D eigenvalue weighted by Gasteiger charge is -2.14. The number of Topliss-reactive ketones (excluding diaryl/α,β-unsaturated/α-hetero) is 2. The van der Waals surface area contributed by atoms with Crippen LogP contribution in [0.4, 0.5) is 0 Å². The molecule has 0 fully saturated rings. The maximum absolute atomic E-state index is 11.3. The number of rotatable bonds is 5. The molecule has 0 saturated heterocycles. The molecule has 0 aliphatic rings. The quantitative estimate of drug-likeness (QED) is 0.708. The van der Waals surface area contributed by atoms with Crippen molar-refractivity contribution >= 4 is 17.5 Å². The molecule has 0 heterocycles. The molecule has 1 amide bonds. The molecule has 0 spiro atoms. The van der Waals surface area contributed by atoms with Gasteiger partial charge in [0.25, 0.3) is 0 Å². The maximum atomic E-state index is 11.3. The van der Waals surface area contributed by atoms with Crippen LogP contribution in [0, 0.1) is 5.92 Å². The molecule has 14 heavy (non-hydrogen) atoms. The summed E-state index contributed by atoms with van der Waals surface area (Å²) < 4.78 is 0. The molecule has 0 aliphatic carbocycles. The fourth-order valence-electron chi connectivity index (χ4n) is 0.979. The smallest absolute Gasteiger partial charge is 0.217 e. The largest absolute Gasteiger partial charge is 0.346 e. The Morgan fingerprint density at radius 3 is 1.93 bits per heavy atom. The molecule has 0 aromatic carbocycles. The van der Waals surface area contributed by atoms with E-state index in [1.807, 2.05) is 0 Å². The number of carbonyl (C=O) groups excluding carboxylic acids is 3. The molecule has 0 radical (unpaired) electrons. The zero-order valence-corrected chi connectivity index (χ0v) is 9.09. The van der Waals surface area contributed by atoms with Crippen molar-refractivity contribution in [3.05, 3.63) is 0 Å². The molecule has 0 rings (SSSR count). The molecule has 0 unspecified atom stereocenters. The predicted molar refractivity (Wildman–Crippen MR) is 52.7 cm³/mol. The van der Waals surface area contributed by atoms with Crippen molar-refractivity contribution in [1.82, 2.24) is 5.32 Å². The lowest BCUT2D eigenvalue weighted by atomic mass is 9.99. The second-order valence-corrected chi connectivity index (χ2v) is 3.69. The van der Waals surface area contributed by atoms with E-state index in [1.54, 1.807) is 13.8 Å². The lowest BCUT2D eigenvalue weighted by molar-refractivity contribution is -0.129. The Hall–Kier alpha value is -1.19. The Morgan fingerprint density at radius 2 is 1.64 bits per heavy atom. The van der Waals surface area contributed by atoms with Crippen molar-refractivity contribution in [1.29, 1.82) is 0 Å². The molecular weight excluding hydrogens is 182 g/mol. The summed E-state index contributed by atoms with van der Waals surface area (Å²) >= 11 is 0. The highest BCUT2D eigenvalue weighted by atomic mass is 16.2. The van der Waals surface area contributed by atoms with Crippen LogP contribution in [-0.2, 0) is 14.4 Å². The van der Waals surface area contributed by atoms with Crippen molar-refractivity contribution in [2.24, 2.45) is 5.92 Å². The van der Waals surface area contributed by atoms with Crippen molar-refractivity contribution in [2.75, 3.05) is 0 Å². The summed E-state index contributed by atoms with van der Waals surface area (Å²) in [5, 5.41) is 2.46. The molecular formula is C10H17NO3. The summed E-state index contributed by atoms with van der Waals surface area (Å²) in [7, 11) is 0. The van der Waals surface area contributed by atoms with Gasteiger partial charge in [0, 0.05) is 19.3 Å². The molecule has 0 aromatic rings. The van der Waals surface area contributed by atoms with Crippen LogP contribution in [0.1, 0.15) is 34.1 Å². The Morgan fingerprint density at radius 1 is 1.14 bits per heavy atom. The Labute approximate surface area is 84.1 Å². The molecule has 0 bridgehead atoms. The number of hydrogen-bond donors (Lipinski definition) is 1. The Bertz CT molecular complexity index is 246. The molecule has 0 aromatic heterocycles. The molecule has 0 saturated carbocycles. The van der Waals surface area contributed by atoms with Gasteiger partial charge in [-0.2, -0.15) is 0 Å². The normalized spacial score (nSPS) is 12.4. The van der Waals surface area contributed by atoms with Gasteiger partial charge < -0.3 is 5.32 Å². The number of ketones is 2. The van der Waals surface area contributed by atoms with Crippen LogP contribution in [0.5, 0.6) is 0 Å². The van der Waals surface area contributed by atoms with Crippen LogP contribution in [0.25, 0.3) is 0 Å². The van der Waals surface area contributed by atoms with Gasteiger partial charge in [-0.1, -0.05) is 13.8 Å². The minimum absolute atomic E-state index is 0.0149. The van der Waals surface area contributed by atoms with E-state index in [2.05, 4.69) is 5.32 Å². The first kappa shape index (κ1) is 12.8. The van der Waals surface area contributed by atoms with Gasteiger partial charge in [-0.25, -0.2) is 0 Å². The average Bonchev–Trinajstić information content (AvgIpc) is 2.01.